The highest BCUT2D eigenvalue weighted by molar-refractivity contribution is 5.99. The Morgan fingerprint density at radius 1 is 0.226 bits per heavy atom. The molecule has 0 spiro atoms. The zero-order valence-corrected chi connectivity index (χ0v) is 29.3. The van der Waals surface area contributed by atoms with Gasteiger partial charge in [0, 0.05) is 16.9 Å². The summed E-state index contributed by atoms with van der Waals surface area (Å²) in [6, 6.07) is 80.9. The van der Waals surface area contributed by atoms with Gasteiger partial charge < -0.3 is 4.90 Å². The number of benzene rings is 9. The summed E-state index contributed by atoms with van der Waals surface area (Å²) in [5, 5.41) is 2.43. The lowest BCUT2D eigenvalue weighted by Gasteiger charge is -2.29. The zero-order chi connectivity index (χ0) is 35.4. The van der Waals surface area contributed by atoms with Crippen LogP contribution in [0.3, 0.4) is 0 Å². The van der Waals surface area contributed by atoms with Gasteiger partial charge >= 0.3 is 0 Å². The van der Waals surface area contributed by atoms with Crippen molar-refractivity contribution in [2.24, 2.45) is 0 Å². The average molecular weight is 676 g/mol. The Labute approximate surface area is 311 Å². The van der Waals surface area contributed by atoms with E-state index in [1.807, 2.05) is 0 Å². The third-order valence-electron chi connectivity index (χ3n) is 10.1. The lowest BCUT2D eigenvalue weighted by atomic mass is 9.86. The molecule has 1 heteroatoms. The third kappa shape index (κ3) is 6.42. The highest BCUT2D eigenvalue weighted by atomic mass is 15.1. The minimum Gasteiger partial charge on any atom is -0.310 e. The summed E-state index contributed by atoms with van der Waals surface area (Å²) in [5.41, 5.74) is 15.2. The molecule has 250 valence electrons. The smallest absolute Gasteiger partial charge is 0.0540 e. The summed E-state index contributed by atoms with van der Waals surface area (Å²) < 4.78 is 0. The number of rotatable bonds is 8. The van der Waals surface area contributed by atoms with Crippen molar-refractivity contribution in [3.8, 4) is 55.6 Å². The van der Waals surface area contributed by atoms with Crippen molar-refractivity contribution in [3.63, 3.8) is 0 Å². The molecule has 9 rings (SSSR count). The second-order valence-corrected chi connectivity index (χ2v) is 13.3. The van der Waals surface area contributed by atoms with Crippen LogP contribution in [-0.4, -0.2) is 0 Å². The number of hydrogen-bond donors (Lipinski definition) is 0. The Morgan fingerprint density at radius 3 is 1.40 bits per heavy atom. The first-order chi connectivity index (χ1) is 26.3. The molecule has 53 heavy (non-hydrogen) atoms. The monoisotopic (exact) mass is 675 g/mol. The number of hydrogen-bond acceptors (Lipinski definition) is 1. The molecule has 0 bridgehead atoms. The molecule has 0 aromatic heterocycles. The summed E-state index contributed by atoms with van der Waals surface area (Å²) in [7, 11) is 0. The third-order valence-corrected chi connectivity index (χ3v) is 10.1. The van der Waals surface area contributed by atoms with Gasteiger partial charge in [-0.2, -0.15) is 0 Å². The molecule has 0 N–H and O–H groups in total. The highest BCUT2D eigenvalue weighted by Crippen LogP contribution is 2.46. The molecule has 0 fully saturated rings. The fourth-order valence-corrected chi connectivity index (χ4v) is 7.47. The molecule has 0 aliphatic rings. The van der Waals surface area contributed by atoms with Crippen molar-refractivity contribution in [2.45, 2.75) is 0 Å². The first kappa shape index (κ1) is 32.0. The van der Waals surface area contributed by atoms with Crippen LogP contribution in [-0.2, 0) is 0 Å². The first-order valence-electron chi connectivity index (χ1n) is 18.2. The number of fused-ring (bicyclic) bond motifs is 1. The van der Waals surface area contributed by atoms with Crippen LogP contribution in [0.25, 0.3) is 66.4 Å². The molecule has 0 atom stereocenters. The van der Waals surface area contributed by atoms with E-state index in [4.69, 9.17) is 0 Å². The Morgan fingerprint density at radius 2 is 0.698 bits per heavy atom. The Bertz CT molecular complexity index is 2640. The van der Waals surface area contributed by atoms with Crippen LogP contribution < -0.4 is 4.90 Å². The van der Waals surface area contributed by atoms with Gasteiger partial charge in [0.25, 0.3) is 0 Å². The minimum absolute atomic E-state index is 1.10. The lowest BCUT2D eigenvalue weighted by molar-refractivity contribution is 1.29. The number of para-hydroxylation sites is 1. The van der Waals surface area contributed by atoms with E-state index in [9.17, 15) is 0 Å². The minimum atomic E-state index is 1.10. The quantitative estimate of drug-likeness (QED) is 0.155. The van der Waals surface area contributed by atoms with Gasteiger partial charge in [-0.15, -0.1) is 0 Å². The van der Waals surface area contributed by atoms with E-state index in [-0.39, 0.29) is 0 Å². The fraction of sp³-hybridized carbons (Fsp3) is 0. The predicted octanol–water partition coefficient (Wildman–Crippen LogP) is 14.6. The molecular weight excluding hydrogens is 639 g/mol. The van der Waals surface area contributed by atoms with Gasteiger partial charge in [-0.05, 0) is 97.2 Å². The van der Waals surface area contributed by atoms with E-state index in [0.29, 0.717) is 0 Å². The number of anilines is 3. The Balaban J connectivity index is 1.28. The molecule has 9 aromatic carbocycles. The van der Waals surface area contributed by atoms with E-state index >= 15 is 0 Å². The van der Waals surface area contributed by atoms with E-state index < -0.39 is 0 Å². The van der Waals surface area contributed by atoms with E-state index in [0.717, 1.165) is 22.6 Å². The van der Waals surface area contributed by atoms with Gasteiger partial charge in [0.05, 0.1) is 5.69 Å². The van der Waals surface area contributed by atoms with Crippen LogP contribution in [0.4, 0.5) is 17.1 Å². The highest BCUT2D eigenvalue weighted by Gasteiger charge is 2.21. The van der Waals surface area contributed by atoms with Crippen molar-refractivity contribution in [2.75, 3.05) is 4.90 Å². The van der Waals surface area contributed by atoms with E-state index in [1.54, 1.807) is 0 Å². The summed E-state index contributed by atoms with van der Waals surface area (Å²) in [6.07, 6.45) is 0. The maximum absolute atomic E-state index is 2.42. The van der Waals surface area contributed by atoms with Crippen LogP contribution in [0.5, 0.6) is 0 Å². The van der Waals surface area contributed by atoms with Crippen molar-refractivity contribution in [1.29, 1.82) is 0 Å². The molecule has 0 saturated carbocycles. The van der Waals surface area contributed by atoms with Crippen molar-refractivity contribution >= 4 is 27.8 Å². The Kier molecular flexibility index (Phi) is 8.66. The molecule has 0 heterocycles. The van der Waals surface area contributed by atoms with Crippen LogP contribution in [0.2, 0.25) is 0 Å². The molecule has 0 amide bonds. The molecule has 1 nitrogen and oxygen atoms in total. The maximum atomic E-state index is 2.42. The summed E-state index contributed by atoms with van der Waals surface area (Å²) in [4.78, 5) is 2.42. The van der Waals surface area contributed by atoms with Gasteiger partial charge in [-0.25, -0.2) is 0 Å². The van der Waals surface area contributed by atoms with Crippen LogP contribution in [0.15, 0.2) is 224 Å². The summed E-state index contributed by atoms with van der Waals surface area (Å²) >= 11 is 0. The van der Waals surface area contributed by atoms with Crippen molar-refractivity contribution in [1.82, 2.24) is 0 Å². The fourth-order valence-electron chi connectivity index (χ4n) is 7.47. The van der Waals surface area contributed by atoms with Gasteiger partial charge in [0.15, 0.2) is 0 Å². The Hall–Kier alpha value is -6.96. The molecule has 0 unspecified atom stereocenters. The predicted molar refractivity (Wildman–Crippen MR) is 226 cm³/mol. The SMILES string of the molecule is c1ccc(-c2ccc(N(c3ccc4ccccc4c3)c3ccccc3-c3cc(-c4ccccc4)ccc3-c3ccccc3-c3ccccc3)cc2)cc1. The average Bonchev–Trinajstić information content (AvgIpc) is 3.25. The second-order valence-electron chi connectivity index (χ2n) is 13.3. The van der Waals surface area contributed by atoms with Crippen molar-refractivity contribution < 1.29 is 0 Å². The molecular formula is C52H37N. The van der Waals surface area contributed by atoms with Crippen LogP contribution in [0, 0.1) is 0 Å². The molecule has 0 aliphatic heterocycles. The molecule has 0 aliphatic carbocycles. The molecule has 0 radical (unpaired) electrons. The normalized spacial score (nSPS) is 11.0. The molecule has 9 aromatic rings. The summed E-state index contributed by atoms with van der Waals surface area (Å²) in [5.74, 6) is 0. The van der Waals surface area contributed by atoms with Crippen molar-refractivity contribution in [3.05, 3.63) is 224 Å². The standard InChI is InChI=1S/C52H37N/c1-4-16-38(17-5-1)41-28-32-45(33-29-41)53(46-34-30-40-20-10-11-23-43(40)36-46)52-27-15-14-26-50(52)51-37-44(39-18-6-2-7-19-39)31-35-49(51)48-25-13-12-24-47(48)42-21-8-3-9-22-42/h1-37H. The van der Waals surface area contributed by atoms with Gasteiger partial charge in [-0.3, -0.25) is 0 Å². The second kappa shape index (κ2) is 14.3. The van der Waals surface area contributed by atoms with Crippen LogP contribution >= 0.6 is 0 Å². The zero-order valence-electron chi connectivity index (χ0n) is 29.3. The topological polar surface area (TPSA) is 3.24 Å². The first-order valence-corrected chi connectivity index (χ1v) is 18.2. The lowest BCUT2D eigenvalue weighted by Crippen LogP contribution is -2.11. The largest absolute Gasteiger partial charge is 0.310 e. The van der Waals surface area contributed by atoms with Gasteiger partial charge in [0.2, 0.25) is 0 Å². The van der Waals surface area contributed by atoms with Gasteiger partial charge in [-0.1, -0.05) is 188 Å². The number of nitrogens with zero attached hydrogens (tertiary/aromatic N) is 1. The van der Waals surface area contributed by atoms with E-state index in [2.05, 4.69) is 229 Å². The molecule has 0 saturated heterocycles. The van der Waals surface area contributed by atoms with Gasteiger partial charge in [0.1, 0.15) is 0 Å². The van der Waals surface area contributed by atoms with E-state index in [1.165, 1.54) is 60.8 Å². The summed E-state index contributed by atoms with van der Waals surface area (Å²) in [6.45, 7) is 0. The van der Waals surface area contributed by atoms with Crippen LogP contribution in [0.1, 0.15) is 0 Å². The maximum Gasteiger partial charge on any atom is 0.0540 e.